The molecule has 0 amide bonds. The minimum Gasteiger partial charge on any atom is -0.347 e. The molecule has 0 saturated carbocycles. The Labute approximate surface area is 129 Å². The molecular weight excluding hydrogens is 284 g/mol. The van der Waals surface area contributed by atoms with E-state index in [0.717, 1.165) is 49.0 Å². The molecule has 0 spiro atoms. The Bertz CT molecular complexity index is 570. The molecule has 1 fully saturated rings. The van der Waals surface area contributed by atoms with Crippen LogP contribution in [-0.4, -0.2) is 39.5 Å². The molecule has 0 radical (unpaired) electrons. The first-order valence-corrected chi connectivity index (χ1v) is 8.37. The van der Waals surface area contributed by atoms with E-state index in [9.17, 15) is 0 Å². The molecule has 2 aromatic rings. The summed E-state index contributed by atoms with van der Waals surface area (Å²) < 4.78 is 0. The lowest BCUT2D eigenvalue weighted by atomic mass is 10.1. The summed E-state index contributed by atoms with van der Waals surface area (Å²) in [7, 11) is 0. The Morgan fingerprint density at radius 1 is 1.38 bits per heavy atom. The van der Waals surface area contributed by atoms with Gasteiger partial charge in [-0.25, -0.2) is 0 Å². The van der Waals surface area contributed by atoms with Crippen LogP contribution in [0.15, 0.2) is 6.20 Å². The van der Waals surface area contributed by atoms with Crippen LogP contribution in [0.1, 0.15) is 36.0 Å². The Morgan fingerprint density at radius 2 is 2.19 bits per heavy atom. The fourth-order valence-corrected chi connectivity index (χ4v) is 3.47. The summed E-state index contributed by atoms with van der Waals surface area (Å²) in [5.41, 5.74) is 2.53. The molecular formula is C14H22N6S. The number of nitrogens with one attached hydrogen (secondary N) is 2. The van der Waals surface area contributed by atoms with E-state index in [4.69, 9.17) is 0 Å². The number of aromatic amines is 1. The van der Waals surface area contributed by atoms with Crippen molar-refractivity contribution in [1.29, 1.82) is 0 Å². The Balaban J connectivity index is 1.48. The molecule has 0 unspecified atom stereocenters. The lowest BCUT2D eigenvalue weighted by Crippen LogP contribution is -2.42. The summed E-state index contributed by atoms with van der Waals surface area (Å²) in [6, 6.07) is 0.572. The highest BCUT2D eigenvalue weighted by Crippen LogP contribution is 2.23. The fourth-order valence-electron chi connectivity index (χ4n) is 2.73. The van der Waals surface area contributed by atoms with Crippen LogP contribution in [0.5, 0.6) is 0 Å². The quantitative estimate of drug-likeness (QED) is 0.883. The zero-order chi connectivity index (χ0) is 14.7. The van der Waals surface area contributed by atoms with E-state index in [0.29, 0.717) is 6.04 Å². The number of aromatic nitrogens is 4. The largest absolute Gasteiger partial charge is 0.347 e. The molecule has 1 aliphatic heterocycles. The van der Waals surface area contributed by atoms with Gasteiger partial charge < -0.3 is 10.2 Å². The molecule has 0 aliphatic carbocycles. The highest BCUT2D eigenvalue weighted by molar-refractivity contribution is 7.15. The van der Waals surface area contributed by atoms with E-state index in [1.54, 1.807) is 11.3 Å². The third kappa shape index (κ3) is 3.41. The van der Waals surface area contributed by atoms with E-state index < -0.39 is 0 Å². The predicted molar refractivity (Wildman–Crippen MR) is 84.7 cm³/mol. The molecule has 0 atom stereocenters. The molecule has 2 aromatic heterocycles. The van der Waals surface area contributed by atoms with Gasteiger partial charge in [0.15, 0.2) is 0 Å². The van der Waals surface area contributed by atoms with Gasteiger partial charge in [-0.3, -0.25) is 5.10 Å². The van der Waals surface area contributed by atoms with Gasteiger partial charge in [0.05, 0.1) is 11.9 Å². The van der Waals surface area contributed by atoms with Crippen molar-refractivity contribution in [2.45, 2.75) is 45.7 Å². The van der Waals surface area contributed by atoms with Crippen LogP contribution in [-0.2, 0) is 13.0 Å². The van der Waals surface area contributed by atoms with Crippen LogP contribution < -0.4 is 10.2 Å². The normalized spacial score (nSPS) is 16.6. The van der Waals surface area contributed by atoms with E-state index in [2.05, 4.69) is 37.5 Å². The van der Waals surface area contributed by atoms with Crippen molar-refractivity contribution in [1.82, 2.24) is 25.7 Å². The SMILES string of the molecule is CCc1cn[nH]c1CNC1CCN(c2nnc(C)s2)CC1. The minimum absolute atomic E-state index is 0.572. The highest BCUT2D eigenvalue weighted by atomic mass is 32.1. The summed E-state index contributed by atoms with van der Waals surface area (Å²) in [4.78, 5) is 2.34. The summed E-state index contributed by atoms with van der Waals surface area (Å²) in [5, 5.41) is 21.3. The van der Waals surface area contributed by atoms with Gasteiger partial charge >= 0.3 is 0 Å². The standard InChI is InChI=1S/C14H22N6S/c1-3-11-8-16-18-13(11)9-15-12-4-6-20(7-5-12)14-19-17-10(2)21-14/h8,12,15H,3-7,9H2,1-2H3,(H,16,18). The van der Waals surface area contributed by atoms with E-state index >= 15 is 0 Å². The first-order chi connectivity index (χ1) is 10.3. The molecule has 1 aliphatic rings. The van der Waals surface area contributed by atoms with E-state index in [1.165, 1.54) is 11.3 Å². The van der Waals surface area contributed by atoms with Crippen molar-refractivity contribution in [2.24, 2.45) is 0 Å². The smallest absolute Gasteiger partial charge is 0.208 e. The first kappa shape index (κ1) is 14.5. The van der Waals surface area contributed by atoms with Crippen molar-refractivity contribution in [3.63, 3.8) is 0 Å². The Kier molecular flexibility index (Phi) is 4.50. The van der Waals surface area contributed by atoms with Crippen LogP contribution in [0.3, 0.4) is 0 Å². The number of nitrogens with zero attached hydrogens (tertiary/aromatic N) is 4. The first-order valence-electron chi connectivity index (χ1n) is 7.55. The van der Waals surface area contributed by atoms with Crippen LogP contribution in [0, 0.1) is 6.92 Å². The summed E-state index contributed by atoms with van der Waals surface area (Å²) >= 11 is 1.68. The van der Waals surface area contributed by atoms with Gasteiger partial charge in [0.1, 0.15) is 5.01 Å². The highest BCUT2D eigenvalue weighted by Gasteiger charge is 2.21. The third-order valence-corrected chi connectivity index (χ3v) is 4.94. The molecule has 2 N–H and O–H groups in total. The Hall–Kier alpha value is -1.47. The topological polar surface area (TPSA) is 69.7 Å². The maximum atomic E-state index is 4.23. The lowest BCUT2D eigenvalue weighted by Gasteiger charge is -2.31. The molecule has 0 aromatic carbocycles. The zero-order valence-corrected chi connectivity index (χ0v) is 13.4. The van der Waals surface area contributed by atoms with E-state index in [-0.39, 0.29) is 0 Å². The number of aryl methyl sites for hydroxylation is 2. The molecule has 21 heavy (non-hydrogen) atoms. The number of H-pyrrole nitrogens is 1. The number of hydrogen-bond acceptors (Lipinski definition) is 6. The van der Waals surface area contributed by atoms with Gasteiger partial charge in [-0.05, 0) is 31.7 Å². The monoisotopic (exact) mass is 306 g/mol. The molecule has 6 nitrogen and oxygen atoms in total. The van der Waals surface area contributed by atoms with Gasteiger partial charge in [-0.15, -0.1) is 10.2 Å². The van der Waals surface area contributed by atoms with Crippen LogP contribution >= 0.6 is 11.3 Å². The van der Waals surface area contributed by atoms with Gasteiger partial charge in [0.25, 0.3) is 0 Å². The minimum atomic E-state index is 0.572. The number of rotatable bonds is 5. The average molecular weight is 306 g/mol. The molecule has 1 saturated heterocycles. The van der Waals surface area contributed by atoms with E-state index in [1.807, 2.05) is 13.1 Å². The summed E-state index contributed by atoms with van der Waals surface area (Å²) in [5.74, 6) is 0. The van der Waals surface area contributed by atoms with Gasteiger partial charge in [-0.2, -0.15) is 5.10 Å². The number of hydrogen-bond donors (Lipinski definition) is 2. The van der Waals surface area contributed by atoms with Crippen molar-refractivity contribution in [3.8, 4) is 0 Å². The second-order valence-corrected chi connectivity index (χ2v) is 6.63. The van der Waals surface area contributed by atoms with Gasteiger partial charge in [0, 0.05) is 25.7 Å². The van der Waals surface area contributed by atoms with Crippen molar-refractivity contribution >= 4 is 16.5 Å². The number of anilines is 1. The van der Waals surface area contributed by atoms with Crippen LogP contribution in [0.2, 0.25) is 0 Å². The number of piperidine rings is 1. The molecule has 0 bridgehead atoms. The van der Waals surface area contributed by atoms with Crippen molar-refractivity contribution in [2.75, 3.05) is 18.0 Å². The van der Waals surface area contributed by atoms with Gasteiger partial charge in [0.2, 0.25) is 5.13 Å². The van der Waals surface area contributed by atoms with Crippen molar-refractivity contribution in [3.05, 3.63) is 22.5 Å². The zero-order valence-electron chi connectivity index (χ0n) is 12.6. The second-order valence-electron chi connectivity index (χ2n) is 5.47. The summed E-state index contributed by atoms with van der Waals surface area (Å²) in [6.45, 7) is 7.15. The fraction of sp³-hybridized carbons (Fsp3) is 0.643. The van der Waals surface area contributed by atoms with Gasteiger partial charge in [-0.1, -0.05) is 18.3 Å². The summed E-state index contributed by atoms with van der Waals surface area (Å²) in [6.07, 6.45) is 5.25. The average Bonchev–Trinajstić information content (AvgIpc) is 3.14. The molecule has 7 heteroatoms. The third-order valence-electron chi connectivity index (χ3n) is 4.04. The maximum Gasteiger partial charge on any atom is 0.208 e. The molecule has 114 valence electrons. The van der Waals surface area contributed by atoms with Crippen molar-refractivity contribution < 1.29 is 0 Å². The predicted octanol–water partition coefficient (Wildman–Crippen LogP) is 1.89. The Morgan fingerprint density at radius 3 is 2.86 bits per heavy atom. The second kappa shape index (κ2) is 6.53. The van der Waals surface area contributed by atoms with Crippen LogP contribution in [0.25, 0.3) is 0 Å². The maximum absolute atomic E-state index is 4.23. The van der Waals surface area contributed by atoms with Crippen LogP contribution in [0.4, 0.5) is 5.13 Å². The molecule has 3 heterocycles. The lowest BCUT2D eigenvalue weighted by molar-refractivity contribution is 0.411. The molecule has 3 rings (SSSR count).